The van der Waals surface area contributed by atoms with Crippen molar-refractivity contribution in [1.29, 1.82) is 0 Å². The molecule has 0 unspecified atom stereocenters. The average molecular weight is 431 g/mol. The Balaban J connectivity index is 1.68. The van der Waals surface area contributed by atoms with E-state index in [1.54, 1.807) is 12.3 Å². The summed E-state index contributed by atoms with van der Waals surface area (Å²) in [6.45, 7) is -0.792. The summed E-state index contributed by atoms with van der Waals surface area (Å²) in [6.07, 6.45) is 6.28. The molecule has 0 atom stereocenters. The first-order chi connectivity index (χ1) is 14.3. The van der Waals surface area contributed by atoms with Gasteiger partial charge in [0.25, 0.3) is 0 Å². The molecule has 1 aliphatic carbocycles. The fraction of sp³-hybridized carbons (Fsp3) is 0.286. The monoisotopic (exact) mass is 430 g/mol. The van der Waals surface area contributed by atoms with E-state index in [0.29, 0.717) is 39.1 Å². The number of carbonyl (C=O) groups excluding carboxylic acids is 1. The lowest BCUT2D eigenvalue weighted by atomic mass is 9.96. The fourth-order valence-electron chi connectivity index (χ4n) is 3.92. The van der Waals surface area contributed by atoms with Gasteiger partial charge in [0.15, 0.2) is 11.2 Å². The molecule has 0 spiro atoms. The number of benzene rings is 1. The third-order valence-electron chi connectivity index (χ3n) is 5.57. The second-order valence-corrected chi connectivity index (χ2v) is 8.05. The van der Waals surface area contributed by atoms with Crippen molar-refractivity contribution >= 4 is 17.4 Å². The molecular formula is C21H17ClF2N4O2. The Morgan fingerprint density at radius 3 is 2.60 bits per heavy atom. The molecule has 6 nitrogen and oxygen atoms in total. The summed E-state index contributed by atoms with van der Waals surface area (Å²) in [5.41, 5.74) is 3.29. The normalized spacial score (nSPS) is 15.3. The molecule has 2 aliphatic rings. The molecule has 1 saturated carbocycles. The van der Waals surface area contributed by atoms with Crippen LogP contribution < -0.4 is 10.4 Å². The number of halogens is 3. The van der Waals surface area contributed by atoms with Gasteiger partial charge in [0.2, 0.25) is 0 Å². The molecule has 0 bridgehead atoms. The summed E-state index contributed by atoms with van der Waals surface area (Å²) < 4.78 is 28.3. The van der Waals surface area contributed by atoms with Gasteiger partial charge in [-0.15, -0.1) is 0 Å². The summed E-state index contributed by atoms with van der Waals surface area (Å²) in [7, 11) is 0. The third-order valence-corrected chi connectivity index (χ3v) is 5.88. The first-order valence-corrected chi connectivity index (χ1v) is 9.91. The van der Waals surface area contributed by atoms with Crippen molar-refractivity contribution in [2.75, 3.05) is 5.01 Å². The van der Waals surface area contributed by atoms with Crippen molar-refractivity contribution in [3.05, 3.63) is 63.2 Å². The van der Waals surface area contributed by atoms with Gasteiger partial charge in [0, 0.05) is 46.2 Å². The summed E-state index contributed by atoms with van der Waals surface area (Å²) in [6, 6.07) is 5.40. The van der Waals surface area contributed by atoms with Gasteiger partial charge in [-0.25, -0.2) is 4.68 Å². The summed E-state index contributed by atoms with van der Waals surface area (Å²) >= 11 is 6.50. The smallest absolute Gasteiger partial charge is 0.305 e. The maximum Gasteiger partial charge on any atom is 0.333 e. The second-order valence-electron chi connectivity index (χ2n) is 7.64. The van der Waals surface area contributed by atoms with Crippen LogP contribution in [0.15, 0.2) is 41.6 Å². The van der Waals surface area contributed by atoms with Crippen molar-refractivity contribution in [2.45, 2.75) is 38.9 Å². The van der Waals surface area contributed by atoms with Crippen LogP contribution in [0.3, 0.4) is 0 Å². The summed E-state index contributed by atoms with van der Waals surface area (Å²) in [5.74, 6) is -0.277. The van der Waals surface area contributed by atoms with Crippen molar-refractivity contribution in [2.24, 2.45) is 0 Å². The predicted octanol–water partition coefficient (Wildman–Crippen LogP) is 4.24. The van der Waals surface area contributed by atoms with E-state index >= 15 is 0 Å². The Morgan fingerprint density at radius 1 is 1.20 bits per heavy atom. The zero-order valence-corrected chi connectivity index (χ0v) is 16.7. The Bertz CT molecular complexity index is 1250. The van der Waals surface area contributed by atoms with Crippen LogP contribution in [0, 0.1) is 0 Å². The van der Waals surface area contributed by atoms with Crippen LogP contribution in [0.25, 0.3) is 22.4 Å². The molecule has 9 heteroatoms. The van der Waals surface area contributed by atoms with Gasteiger partial charge in [-0.1, -0.05) is 11.6 Å². The number of fused-ring (bicyclic) bond motifs is 3. The number of alkyl halides is 2. The molecule has 0 saturated heterocycles. The van der Waals surface area contributed by atoms with Gasteiger partial charge in [-0.3, -0.25) is 14.3 Å². The van der Waals surface area contributed by atoms with Crippen LogP contribution >= 0.6 is 11.6 Å². The highest BCUT2D eigenvalue weighted by atomic mass is 35.5. The molecular weight excluding hydrogens is 414 g/mol. The Hall–Kier alpha value is -3.00. The number of Topliss-reactive ketones (excluding diaryl/α,β-unsaturated/α-hetero) is 1. The molecule has 2 aromatic heterocycles. The molecule has 30 heavy (non-hydrogen) atoms. The number of pyridine rings is 1. The maximum atomic E-state index is 12.9. The first-order valence-electron chi connectivity index (χ1n) is 9.53. The van der Waals surface area contributed by atoms with Crippen LogP contribution in [0.2, 0.25) is 5.02 Å². The Morgan fingerprint density at radius 2 is 1.97 bits per heavy atom. The topological polar surface area (TPSA) is 60.1 Å². The second kappa shape index (κ2) is 6.77. The minimum atomic E-state index is -2.73. The Kier molecular flexibility index (Phi) is 4.28. The number of hydrogen-bond acceptors (Lipinski definition) is 4. The summed E-state index contributed by atoms with van der Waals surface area (Å²) in [4.78, 5) is 24.4. The molecule has 0 amide bonds. The first kappa shape index (κ1) is 19.0. The van der Waals surface area contributed by atoms with Crippen LogP contribution in [-0.2, 0) is 6.54 Å². The van der Waals surface area contributed by atoms with E-state index in [1.165, 1.54) is 25.4 Å². The van der Waals surface area contributed by atoms with Gasteiger partial charge >= 0.3 is 6.55 Å². The quantitative estimate of drug-likeness (QED) is 0.581. The average Bonchev–Trinajstić information content (AvgIpc) is 3.42. The zero-order chi connectivity index (χ0) is 21.2. The molecule has 0 N–H and O–H groups in total. The zero-order valence-electron chi connectivity index (χ0n) is 16.0. The van der Waals surface area contributed by atoms with Crippen molar-refractivity contribution in [3.8, 4) is 22.4 Å². The number of carbonyl (C=O) groups is 1. The highest BCUT2D eigenvalue weighted by Gasteiger charge is 2.34. The van der Waals surface area contributed by atoms with Crippen LogP contribution in [-0.4, -0.2) is 26.3 Å². The van der Waals surface area contributed by atoms with Crippen LogP contribution in [0.5, 0.6) is 0 Å². The van der Waals surface area contributed by atoms with E-state index < -0.39 is 6.55 Å². The minimum Gasteiger partial charge on any atom is -0.305 e. The van der Waals surface area contributed by atoms with Crippen molar-refractivity contribution in [3.63, 3.8) is 0 Å². The number of nitrogens with zero attached hydrogens (tertiary/aromatic N) is 4. The van der Waals surface area contributed by atoms with Crippen LogP contribution in [0.4, 0.5) is 8.78 Å². The number of ketones is 1. The maximum absolute atomic E-state index is 12.9. The molecule has 3 heterocycles. The Labute approximate surface area is 175 Å². The van der Waals surface area contributed by atoms with Gasteiger partial charge in [-0.2, -0.15) is 13.9 Å². The summed E-state index contributed by atoms with van der Waals surface area (Å²) in [5, 5.41) is 6.19. The van der Waals surface area contributed by atoms with E-state index in [-0.39, 0.29) is 16.8 Å². The molecule has 1 aliphatic heterocycles. The molecule has 3 aromatic rings. The lowest BCUT2D eigenvalue weighted by Crippen LogP contribution is -2.41. The van der Waals surface area contributed by atoms with E-state index in [0.717, 1.165) is 24.0 Å². The van der Waals surface area contributed by atoms with Gasteiger partial charge in [-0.05, 0) is 37.5 Å². The highest BCUT2D eigenvalue weighted by Crippen LogP contribution is 2.40. The molecule has 154 valence electrons. The van der Waals surface area contributed by atoms with E-state index in [4.69, 9.17) is 11.6 Å². The molecule has 5 rings (SSSR count). The largest absolute Gasteiger partial charge is 0.333 e. The fourth-order valence-corrected chi connectivity index (χ4v) is 4.20. The molecule has 1 fully saturated rings. The van der Waals surface area contributed by atoms with Gasteiger partial charge in [0.1, 0.15) is 0 Å². The minimum absolute atomic E-state index is 0.148. The number of hydrogen-bond donors (Lipinski definition) is 0. The van der Waals surface area contributed by atoms with E-state index in [9.17, 15) is 18.4 Å². The third kappa shape index (κ3) is 3.02. The molecule has 0 radical (unpaired) electrons. The van der Waals surface area contributed by atoms with E-state index in [1.807, 2.05) is 10.7 Å². The predicted molar refractivity (Wildman–Crippen MR) is 109 cm³/mol. The lowest BCUT2D eigenvalue weighted by molar-refractivity contribution is 0.0566. The van der Waals surface area contributed by atoms with Gasteiger partial charge in [0.05, 0.1) is 24.0 Å². The standard InChI is InChI=1S/C21H17ClF2N4O2/c1-11(29)17-10-28-19(6-20(17)30)16-5-18(22)15(13-7-25-26(8-13)21(23)24)4-12(16)9-27(28)14-2-3-14/h4-8,10,14,21H,2-3,9H2,1H3. The van der Waals surface area contributed by atoms with Crippen molar-refractivity contribution in [1.82, 2.24) is 14.5 Å². The van der Waals surface area contributed by atoms with Crippen molar-refractivity contribution < 1.29 is 13.6 Å². The van der Waals surface area contributed by atoms with Gasteiger partial charge < -0.3 is 5.01 Å². The van der Waals surface area contributed by atoms with Crippen LogP contribution in [0.1, 0.15) is 42.2 Å². The number of rotatable bonds is 4. The lowest BCUT2D eigenvalue weighted by Gasteiger charge is -2.36. The van der Waals surface area contributed by atoms with E-state index in [2.05, 4.69) is 10.1 Å². The number of aromatic nitrogens is 3. The molecule has 1 aromatic carbocycles. The SMILES string of the molecule is CC(=O)c1cn2c(cc1=O)-c1cc(Cl)c(-c3cnn(C(F)F)c3)cc1CN2C1CC1. The highest BCUT2D eigenvalue weighted by molar-refractivity contribution is 6.33.